The first kappa shape index (κ1) is 13.3. The Morgan fingerprint density at radius 1 is 1.25 bits per heavy atom. The zero-order valence-electron chi connectivity index (χ0n) is 10.8. The second-order valence-corrected chi connectivity index (χ2v) is 5.12. The number of benzene rings is 1. The quantitative estimate of drug-likeness (QED) is 0.848. The number of nitrogens with zero attached hydrogens (tertiary/aromatic N) is 2. The van der Waals surface area contributed by atoms with Gasteiger partial charge in [-0.2, -0.15) is 0 Å². The van der Waals surface area contributed by atoms with Crippen LogP contribution in [0.4, 0.5) is 10.1 Å². The van der Waals surface area contributed by atoms with E-state index in [0.29, 0.717) is 30.4 Å². The molecule has 1 atom stereocenters. The van der Waals surface area contributed by atoms with Crippen LogP contribution in [0.3, 0.4) is 0 Å². The third kappa shape index (κ3) is 2.76. The van der Waals surface area contributed by atoms with E-state index >= 15 is 0 Å². The molecule has 1 fully saturated rings. The Kier molecular flexibility index (Phi) is 3.85. The molecule has 1 aromatic heterocycles. The summed E-state index contributed by atoms with van der Waals surface area (Å²) in [7, 11) is 0. The van der Waals surface area contributed by atoms with E-state index in [-0.39, 0.29) is 11.9 Å². The fourth-order valence-corrected chi connectivity index (χ4v) is 2.50. The normalized spacial score (nSPS) is 19.1. The van der Waals surface area contributed by atoms with Crippen LogP contribution >= 0.6 is 11.6 Å². The van der Waals surface area contributed by atoms with Gasteiger partial charge >= 0.3 is 0 Å². The molecule has 3 rings (SSSR count). The molecule has 0 amide bonds. The average molecular weight is 293 g/mol. The van der Waals surface area contributed by atoms with E-state index in [1.54, 1.807) is 12.3 Å². The number of morpholine rings is 1. The first-order chi connectivity index (χ1) is 9.74. The number of anilines is 1. The van der Waals surface area contributed by atoms with Crippen LogP contribution in [0, 0.1) is 5.82 Å². The largest absolute Gasteiger partial charge is 0.370 e. The van der Waals surface area contributed by atoms with Gasteiger partial charge in [0.05, 0.1) is 18.5 Å². The Hall–Kier alpha value is -1.65. The lowest BCUT2D eigenvalue weighted by Gasteiger charge is -2.34. The molecule has 2 heterocycles. The van der Waals surface area contributed by atoms with Gasteiger partial charge in [-0.15, -0.1) is 0 Å². The molecule has 0 saturated carbocycles. The van der Waals surface area contributed by atoms with Gasteiger partial charge in [0.2, 0.25) is 0 Å². The van der Waals surface area contributed by atoms with Crippen LogP contribution in [0.1, 0.15) is 11.7 Å². The van der Waals surface area contributed by atoms with E-state index in [4.69, 9.17) is 16.3 Å². The summed E-state index contributed by atoms with van der Waals surface area (Å²) in [4.78, 5) is 5.76. The van der Waals surface area contributed by atoms with Gasteiger partial charge in [-0.1, -0.05) is 23.7 Å². The van der Waals surface area contributed by atoms with Gasteiger partial charge in [-0.25, -0.2) is 4.39 Å². The smallest absolute Gasteiger partial charge is 0.164 e. The summed E-state index contributed by atoms with van der Waals surface area (Å²) in [6.07, 6.45) is 2.77. The van der Waals surface area contributed by atoms with Crippen LogP contribution in [0.5, 0.6) is 0 Å². The lowest BCUT2D eigenvalue weighted by atomic mass is 10.1. The Morgan fingerprint density at radius 2 is 2.05 bits per heavy atom. The second kappa shape index (κ2) is 5.77. The summed E-state index contributed by atoms with van der Waals surface area (Å²) < 4.78 is 19.6. The first-order valence-corrected chi connectivity index (χ1v) is 6.83. The topological polar surface area (TPSA) is 25.4 Å². The van der Waals surface area contributed by atoms with E-state index in [0.717, 1.165) is 5.56 Å². The molecule has 3 nitrogen and oxygen atoms in total. The number of aromatic nitrogens is 1. The van der Waals surface area contributed by atoms with Crippen molar-refractivity contribution < 1.29 is 9.13 Å². The highest BCUT2D eigenvalue weighted by Gasteiger charge is 2.23. The van der Waals surface area contributed by atoms with Gasteiger partial charge in [0.25, 0.3) is 0 Å². The molecule has 20 heavy (non-hydrogen) atoms. The van der Waals surface area contributed by atoms with Crippen LogP contribution < -0.4 is 4.90 Å². The number of hydrogen-bond acceptors (Lipinski definition) is 3. The minimum absolute atomic E-state index is 0.0754. The summed E-state index contributed by atoms with van der Waals surface area (Å²) in [6.45, 7) is 1.85. The molecule has 0 unspecified atom stereocenters. The van der Waals surface area contributed by atoms with E-state index in [1.165, 1.54) is 6.20 Å². The molecule has 1 saturated heterocycles. The van der Waals surface area contributed by atoms with Crippen molar-refractivity contribution in [1.29, 1.82) is 0 Å². The molecule has 2 aromatic rings. The van der Waals surface area contributed by atoms with Gasteiger partial charge in [-0.3, -0.25) is 4.98 Å². The van der Waals surface area contributed by atoms with Gasteiger partial charge in [-0.05, 0) is 23.8 Å². The highest BCUT2D eigenvalue weighted by molar-refractivity contribution is 6.30. The van der Waals surface area contributed by atoms with Crippen molar-refractivity contribution in [3.05, 3.63) is 59.1 Å². The highest BCUT2D eigenvalue weighted by atomic mass is 35.5. The predicted octanol–water partition coefficient (Wildman–Crippen LogP) is 3.45. The summed E-state index contributed by atoms with van der Waals surface area (Å²) in [5.41, 5.74) is 1.62. The average Bonchev–Trinajstić information content (AvgIpc) is 2.49. The van der Waals surface area contributed by atoms with Crippen LogP contribution in [-0.4, -0.2) is 24.7 Å². The van der Waals surface area contributed by atoms with Crippen molar-refractivity contribution >= 4 is 17.3 Å². The zero-order chi connectivity index (χ0) is 13.9. The van der Waals surface area contributed by atoms with E-state index in [2.05, 4.69) is 4.98 Å². The van der Waals surface area contributed by atoms with Crippen LogP contribution in [0.2, 0.25) is 5.02 Å². The Labute approximate surface area is 122 Å². The van der Waals surface area contributed by atoms with Crippen LogP contribution in [-0.2, 0) is 4.74 Å². The van der Waals surface area contributed by atoms with Crippen molar-refractivity contribution in [2.75, 3.05) is 24.6 Å². The second-order valence-electron chi connectivity index (χ2n) is 4.68. The number of rotatable bonds is 2. The summed E-state index contributed by atoms with van der Waals surface area (Å²) >= 11 is 5.89. The van der Waals surface area contributed by atoms with Crippen LogP contribution in [0.15, 0.2) is 42.7 Å². The SMILES string of the molecule is Fc1cnccc1N1CCO[C@H](c2ccc(Cl)cc2)C1. The third-order valence-corrected chi connectivity index (χ3v) is 3.65. The number of hydrogen-bond donors (Lipinski definition) is 0. The molecule has 1 aromatic carbocycles. The standard InChI is InChI=1S/C15H14ClFN2O/c16-12-3-1-11(2-4-12)15-10-19(7-8-20-15)14-5-6-18-9-13(14)17/h1-6,9,15H,7-8,10H2/t15-/m0/s1. The maximum absolute atomic E-state index is 13.8. The summed E-state index contributed by atoms with van der Waals surface area (Å²) in [5.74, 6) is -0.302. The lowest BCUT2D eigenvalue weighted by molar-refractivity contribution is 0.0396. The van der Waals surface area contributed by atoms with E-state index in [1.807, 2.05) is 29.2 Å². The molecule has 1 aliphatic rings. The molecule has 0 aliphatic carbocycles. The molecular weight excluding hydrogens is 279 g/mol. The molecule has 0 N–H and O–H groups in total. The number of halogens is 2. The third-order valence-electron chi connectivity index (χ3n) is 3.40. The number of ether oxygens (including phenoxy) is 1. The van der Waals surface area contributed by atoms with E-state index in [9.17, 15) is 4.39 Å². The minimum Gasteiger partial charge on any atom is -0.370 e. The maximum Gasteiger partial charge on any atom is 0.164 e. The van der Waals surface area contributed by atoms with Crippen molar-refractivity contribution in [3.8, 4) is 0 Å². The fraction of sp³-hybridized carbons (Fsp3) is 0.267. The molecule has 0 spiro atoms. The van der Waals surface area contributed by atoms with Crippen molar-refractivity contribution in [3.63, 3.8) is 0 Å². The Balaban J connectivity index is 1.80. The number of pyridine rings is 1. The fourth-order valence-electron chi connectivity index (χ4n) is 2.37. The van der Waals surface area contributed by atoms with Gasteiger partial charge < -0.3 is 9.64 Å². The van der Waals surface area contributed by atoms with Gasteiger partial charge in [0.15, 0.2) is 5.82 Å². The Bertz CT molecular complexity index is 591. The molecular formula is C15H14ClFN2O. The highest BCUT2D eigenvalue weighted by Crippen LogP contribution is 2.27. The summed E-state index contributed by atoms with van der Waals surface area (Å²) in [5, 5.41) is 0.696. The first-order valence-electron chi connectivity index (χ1n) is 6.45. The van der Waals surface area contributed by atoms with Crippen molar-refractivity contribution in [1.82, 2.24) is 4.98 Å². The molecule has 104 valence electrons. The predicted molar refractivity (Wildman–Crippen MR) is 76.6 cm³/mol. The molecule has 0 bridgehead atoms. The molecule has 0 radical (unpaired) electrons. The maximum atomic E-state index is 13.8. The van der Waals surface area contributed by atoms with Crippen LogP contribution in [0.25, 0.3) is 0 Å². The van der Waals surface area contributed by atoms with E-state index < -0.39 is 0 Å². The van der Waals surface area contributed by atoms with Gasteiger partial charge in [0.1, 0.15) is 6.10 Å². The van der Waals surface area contributed by atoms with Gasteiger partial charge in [0, 0.05) is 24.3 Å². The lowest BCUT2D eigenvalue weighted by Crippen LogP contribution is -2.38. The van der Waals surface area contributed by atoms with Crippen molar-refractivity contribution in [2.45, 2.75) is 6.10 Å². The Morgan fingerprint density at radius 3 is 2.80 bits per heavy atom. The van der Waals surface area contributed by atoms with Crippen molar-refractivity contribution in [2.24, 2.45) is 0 Å². The zero-order valence-corrected chi connectivity index (χ0v) is 11.6. The summed E-state index contributed by atoms with van der Waals surface area (Å²) in [6, 6.07) is 9.26. The molecule has 5 heteroatoms. The molecule has 1 aliphatic heterocycles. The minimum atomic E-state index is -0.302. The monoisotopic (exact) mass is 292 g/mol.